The molecule has 1 aromatic carbocycles. The highest BCUT2D eigenvalue weighted by atomic mass is 32.2. The maximum absolute atomic E-state index is 11.8. The van der Waals surface area contributed by atoms with Crippen molar-refractivity contribution < 1.29 is 13.2 Å². The number of rotatable bonds is 8. The first-order valence-corrected chi connectivity index (χ1v) is 8.47. The molecule has 0 fully saturated rings. The summed E-state index contributed by atoms with van der Waals surface area (Å²) in [5.41, 5.74) is 1.52. The topological polar surface area (TPSA) is 75.3 Å². The van der Waals surface area contributed by atoms with E-state index in [1.165, 1.54) is 0 Å². The molecule has 1 aromatic rings. The molecule has 0 bridgehead atoms. The van der Waals surface area contributed by atoms with Crippen molar-refractivity contribution in [2.24, 2.45) is 0 Å². The number of nitrogens with one attached hydrogen (secondary N) is 2. The fourth-order valence-electron chi connectivity index (χ4n) is 1.63. The molecule has 0 atom stereocenters. The first kappa shape index (κ1) is 16.7. The summed E-state index contributed by atoms with van der Waals surface area (Å²) < 4.78 is 24.2. The lowest BCUT2D eigenvalue weighted by Gasteiger charge is -2.06. The first-order chi connectivity index (χ1) is 9.42. The summed E-state index contributed by atoms with van der Waals surface area (Å²) in [4.78, 5) is 11.8. The maximum atomic E-state index is 11.8. The van der Waals surface area contributed by atoms with Crippen molar-refractivity contribution in [3.05, 3.63) is 41.8 Å². The van der Waals surface area contributed by atoms with Gasteiger partial charge in [-0.3, -0.25) is 4.79 Å². The second-order valence-electron chi connectivity index (χ2n) is 4.54. The molecular formula is C14H21N2O3S. The van der Waals surface area contributed by atoms with E-state index in [1.54, 1.807) is 12.1 Å². The highest BCUT2D eigenvalue weighted by Gasteiger charge is 2.05. The van der Waals surface area contributed by atoms with Crippen LogP contribution in [0.5, 0.6) is 0 Å². The van der Waals surface area contributed by atoms with Crippen molar-refractivity contribution in [2.45, 2.75) is 19.8 Å². The van der Waals surface area contributed by atoms with Gasteiger partial charge in [-0.15, -0.1) is 0 Å². The van der Waals surface area contributed by atoms with E-state index < -0.39 is 10.0 Å². The second-order valence-corrected chi connectivity index (χ2v) is 6.37. The van der Waals surface area contributed by atoms with Crippen LogP contribution in [0.15, 0.2) is 24.3 Å². The van der Waals surface area contributed by atoms with E-state index in [0.717, 1.165) is 18.2 Å². The molecule has 5 nitrogen and oxygen atoms in total. The van der Waals surface area contributed by atoms with Gasteiger partial charge in [-0.05, 0) is 37.0 Å². The highest BCUT2D eigenvalue weighted by Crippen LogP contribution is 2.09. The van der Waals surface area contributed by atoms with Gasteiger partial charge in [0.2, 0.25) is 10.0 Å². The Hall–Kier alpha value is -1.40. The van der Waals surface area contributed by atoms with Gasteiger partial charge in [0.25, 0.3) is 5.91 Å². The number of carbonyl (C=O) groups is 1. The molecule has 6 heteroatoms. The van der Waals surface area contributed by atoms with E-state index in [1.807, 2.05) is 25.5 Å². The summed E-state index contributed by atoms with van der Waals surface area (Å²) >= 11 is 0. The third kappa shape index (κ3) is 6.68. The molecule has 0 saturated heterocycles. The molecule has 0 aliphatic rings. The Morgan fingerprint density at radius 3 is 2.70 bits per heavy atom. The minimum absolute atomic E-state index is 0.0867. The third-order valence-electron chi connectivity index (χ3n) is 2.57. The molecule has 1 radical (unpaired) electrons. The van der Waals surface area contributed by atoms with Crippen LogP contribution in [0.3, 0.4) is 0 Å². The van der Waals surface area contributed by atoms with Crippen LogP contribution in [0.1, 0.15) is 35.7 Å². The van der Waals surface area contributed by atoms with Crippen LogP contribution >= 0.6 is 0 Å². The zero-order valence-corrected chi connectivity index (χ0v) is 12.7. The number of sulfonamides is 1. The van der Waals surface area contributed by atoms with E-state index in [2.05, 4.69) is 10.0 Å². The molecule has 0 aliphatic heterocycles. The van der Waals surface area contributed by atoms with E-state index in [-0.39, 0.29) is 5.91 Å². The Morgan fingerprint density at radius 1 is 1.30 bits per heavy atom. The molecular weight excluding hydrogens is 276 g/mol. The standard InChI is InChI=1S/C14H21N2O3S/c1-3-9-15-14(17)13-8-4-6-12(11-13)7-5-10-16-20(2,18)19/h4,6-8,11,16H,3,5,9-10H2,1-2H3,(H,15,17). The fraction of sp³-hybridized carbons (Fsp3) is 0.429. The molecule has 20 heavy (non-hydrogen) atoms. The zero-order chi connectivity index (χ0) is 15.0. The Morgan fingerprint density at radius 2 is 2.05 bits per heavy atom. The number of amides is 1. The van der Waals surface area contributed by atoms with Crippen molar-refractivity contribution in [3.63, 3.8) is 0 Å². The zero-order valence-electron chi connectivity index (χ0n) is 11.8. The van der Waals surface area contributed by atoms with Gasteiger partial charge in [0.15, 0.2) is 0 Å². The molecule has 0 spiro atoms. The average molecular weight is 297 g/mol. The van der Waals surface area contributed by atoms with Crippen LogP contribution < -0.4 is 10.0 Å². The van der Waals surface area contributed by atoms with Gasteiger partial charge in [0.1, 0.15) is 0 Å². The van der Waals surface area contributed by atoms with Crippen LogP contribution in [0.2, 0.25) is 0 Å². The van der Waals surface area contributed by atoms with Gasteiger partial charge in [-0.25, -0.2) is 13.1 Å². The Labute approximate surface area is 120 Å². The average Bonchev–Trinajstić information content (AvgIpc) is 2.40. The minimum Gasteiger partial charge on any atom is -0.352 e. The summed E-state index contributed by atoms with van der Waals surface area (Å²) in [7, 11) is -3.14. The second kappa shape index (κ2) is 8.01. The van der Waals surface area contributed by atoms with Crippen LogP contribution in [0.25, 0.3) is 0 Å². The number of hydrogen-bond acceptors (Lipinski definition) is 3. The molecule has 111 valence electrons. The van der Waals surface area contributed by atoms with Crippen molar-refractivity contribution in [3.8, 4) is 0 Å². The molecule has 2 N–H and O–H groups in total. The fourth-order valence-corrected chi connectivity index (χ4v) is 2.12. The predicted octanol–water partition coefficient (Wildman–Crippen LogP) is 1.32. The Balaban J connectivity index is 2.49. The molecule has 1 amide bonds. The van der Waals surface area contributed by atoms with Gasteiger partial charge in [0, 0.05) is 18.7 Å². The quantitative estimate of drug-likeness (QED) is 0.711. The Kier molecular flexibility index (Phi) is 6.67. The summed E-state index contributed by atoms with van der Waals surface area (Å²) in [6.45, 7) is 3.01. The number of benzene rings is 1. The predicted molar refractivity (Wildman–Crippen MR) is 79.9 cm³/mol. The molecule has 0 aliphatic carbocycles. The molecule has 0 heterocycles. The third-order valence-corrected chi connectivity index (χ3v) is 3.30. The summed E-state index contributed by atoms with van der Waals surface area (Å²) in [6, 6.07) is 7.26. The van der Waals surface area contributed by atoms with E-state index >= 15 is 0 Å². The smallest absolute Gasteiger partial charge is 0.251 e. The maximum Gasteiger partial charge on any atom is 0.251 e. The van der Waals surface area contributed by atoms with Gasteiger partial charge < -0.3 is 5.32 Å². The lowest BCUT2D eigenvalue weighted by Crippen LogP contribution is -2.24. The van der Waals surface area contributed by atoms with E-state index in [0.29, 0.717) is 25.1 Å². The van der Waals surface area contributed by atoms with Gasteiger partial charge in [-0.2, -0.15) is 0 Å². The SMILES string of the molecule is CCCNC(=O)c1cccc([CH]CCNS(C)(=O)=O)c1. The molecule has 0 unspecified atom stereocenters. The summed E-state index contributed by atoms with van der Waals surface area (Å²) in [6.07, 6.45) is 4.50. The Bertz CT molecular complexity index is 541. The summed E-state index contributed by atoms with van der Waals surface area (Å²) in [5, 5.41) is 2.82. The van der Waals surface area contributed by atoms with Crippen LogP contribution in [-0.4, -0.2) is 33.7 Å². The molecule has 1 rings (SSSR count). The molecule has 0 aromatic heterocycles. The summed E-state index contributed by atoms with van der Waals surface area (Å²) in [5.74, 6) is -0.0867. The van der Waals surface area contributed by atoms with Crippen LogP contribution in [-0.2, 0) is 10.0 Å². The van der Waals surface area contributed by atoms with Crippen molar-refractivity contribution in [2.75, 3.05) is 19.3 Å². The minimum atomic E-state index is -3.14. The van der Waals surface area contributed by atoms with E-state index in [4.69, 9.17) is 0 Å². The van der Waals surface area contributed by atoms with E-state index in [9.17, 15) is 13.2 Å². The largest absolute Gasteiger partial charge is 0.352 e. The van der Waals surface area contributed by atoms with Crippen molar-refractivity contribution >= 4 is 15.9 Å². The van der Waals surface area contributed by atoms with Crippen molar-refractivity contribution in [1.82, 2.24) is 10.0 Å². The van der Waals surface area contributed by atoms with Gasteiger partial charge in [0.05, 0.1) is 6.26 Å². The first-order valence-electron chi connectivity index (χ1n) is 6.58. The van der Waals surface area contributed by atoms with Gasteiger partial charge >= 0.3 is 0 Å². The van der Waals surface area contributed by atoms with Crippen LogP contribution in [0.4, 0.5) is 0 Å². The van der Waals surface area contributed by atoms with Crippen molar-refractivity contribution in [1.29, 1.82) is 0 Å². The number of hydrogen-bond donors (Lipinski definition) is 2. The monoisotopic (exact) mass is 297 g/mol. The van der Waals surface area contributed by atoms with Crippen LogP contribution in [0, 0.1) is 6.42 Å². The normalized spacial score (nSPS) is 11.3. The molecule has 0 saturated carbocycles. The lowest BCUT2D eigenvalue weighted by atomic mass is 10.1. The van der Waals surface area contributed by atoms with Gasteiger partial charge in [-0.1, -0.05) is 19.1 Å². The highest BCUT2D eigenvalue weighted by molar-refractivity contribution is 7.88. The lowest BCUT2D eigenvalue weighted by molar-refractivity contribution is 0.0953. The number of carbonyl (C=O) groups excluding carboxylic acids is 1.